The predicted octanol–water partition coefficient (Wildman–Crippen LogP) is 2.04. The Balaban J connectivity index is 1.42. The van der Waals surface area contributed by atoms with E-state index in [2.05, 4.69) is 31.4 Å². The molecule has 6 heteroatoms. The Bertz CT molecular complexity index is 656. The Hall–Kier alpha value is -1.59. The van der Waals surface area contributed by atoms with Crippen LogP contribution >= 0.6 is 0 Å². The third-order valence-electron chi connectivity index (χ3n) is 8.13. The van der Waals surface area contributed by atoms with E-state index in [1.165, 1.54) is 6.42 Å². The van der Waals surface area contributed by atoms with Gasteiger partial charge in [-0.2, -0.15) is 0 Å². The van der Waals surface area contributed by atoms with E-state index in [1.807, 2.05) is 0 Å². The molecule has 3 aliphatic carbocycles. The van der Waals surface area contributed by atoms with E-state index >= 15 is 0 Å². The summed E-state index contributed by atoms with van der Waals surface area (Å²) in [6, 6.07) is -0.307. The van der Waals surface area contributed by atoms with Crippen LogP contribution < -0.4 is 10.6 Å². The molecule has 1 aliphatic heterocycles. The van der Waals surface area contributed by atoms with Crippen molar-refractivity contribution in [1.82, 2.24) is 15.5 Å². The fourth-order valence-corrected chi connectivity index (χ4v) is 5.60. The van der Waals surface area contributed by atoms with Crippen LogP contribution in [0.3, 0.4) is 0 Å². The van der Waals surface area contributed by atoms with Crippen LogP contribution in [0.1, 0.15) is 59.8 Å². The van der Waals surface area contributed by atoms with Crippen LogP contribution in [0.4, 0.5) is 4.79 Å². The summed E-state index contributed by atoms with van der Waals surface area (Å²) in [5.74, 6) is 0.368. The lowest BCUT2D eigenvalue weighted by Crippen LogP contribution is -2.51. The smallest absolute Gasteiger partial charge is 0.325 e. The van der Waals surface area contributed by atoms with Crippen molar-refractivity contribution in [2.75, 3.05) is 6.54 Å². The summed E-state index contributed by atoms with van der Waals surface area (Å²) >= 11 is 0. The van der Waals surface area contributed by atoms with Crippen molar-refractivity contribution in [3.63, 3.8) is 0 Å². The van der Waals surface area contributed by atoms with Gasteiger partial charge in [0, 0.05) is 6.04 Å². The molecule has 3 saturated carbocycles. The number of amides is 4. The van der Waals surface area contributed by atoms with Crippen LogP contribution in [0.15, 0.2) is 0 Å². The first-order chi connectivity index (χ1) is 11.6. The highest BCUT2D eigenvalue weighted by Gasteiger charge is 2.62. The number of hydrogen-bond donors (Lipinski definition) is 2. The first kappa shape index (κ1) is 16.9. The predicted molar refractivity (Wildman–Crippen MR) is 92.5 cm³/mol. The highest BCUT2D eigenvalue weighted by molar-refractivity contribution is 6.09. The van der Waals surface area contributed by atoms with Crippen molar-refractivity contribution in [2.45, 2.75) is 71.4 Å². The molecule has 4 rings (SSSR count). The zero-order valence-electron chi connectivity index (χ0n) is 15.6. The largest absolute Gasteiger partial charge is 0.351 e. The molecule has 1 saturated heterocycles. The second-order valence-corrected chi connectivity index (χ2v) is 9.53. The SMILES string of the molecule is CC1(C2CC2)NC(=O)N(CC(=O)NC2CC3CCC2(C)C3(C)C)C1=O. The van der Waals surface area contributed by atoms with Crippen LogP contribution in [0, 0.1) is 22.7 Å². The molecule has 25 heavy (non-hydrogen) atoms. The van der Waals surface area contributed by atoms with E-state index < -0.39 is 11.6 Å². The van der Waals surface area contributed by atoms with Gasteiger partial charge in [-0.3, -0.25) is 14.5 Å². The number of rotatable bonds is 4. The fraction of sp³-hybridized carbons (Fsp3) is 0.842. The summed E-state index contributed by atoms with van der Waals surface area (Å²) in [7, 11) is 0. The molecule has 0 aromatic heterocycles. The van der Waals surface area contributed by atoms with Crippen molar-refractivity contribution < 1.29 is 14.4 Å². The lowest BCUT2D eigenvalue weighted by molar-refractivity contribution is -0.135. The normalized spacial score (nSPS) is 42.0. The summed E-state index contributed by atoms with van der Waals surface area (Å²) < 4.78 is 0. The maximum Gasteiger partial charge on any atom is 0.325 e. The standard InChI is InChI=1S/C19H29N3O3/c1-17(2)12-7-8-18(17,3)13(9-12)20-14(23)10-22-15(24)19(4,11-5-6-11)21-16(22)25/h11-13H,5-10H2,1-4H3,(H,20,23)(H,21,25). The Morgan fingerprint density at radius 3 is 2.36 bits per heavy atom. The summed E-state index contributed by atoms with van der Waals surface area (Å²) in [5, 5.41) is 5.93. The zero-order valence-corrected chi connectivity index (χ0v) is 15.6. The van der Waals surface area contributed by atoms with Crippen molar-refractivity contribution in [2.24, 2.45) is 22.7 Å². The van der Waals surface area contributed by atoms with E-state index in [1.54, 1.807) is 6.92 Å². The maximum atomic E-state index is 12.6. The number of imide groups is 1. The first-order valence-corrected chi connectivity index (χ1v) is 9.53. The van der Waals surface area contributed by atoms with Crippen LogP contribution in [0.2, 0.25) is 0 Å². The van der Waals surface area contributed by atoms with Gasteiger partial charge in [0.2, 0.25) is 5.91 Å². The van der Waals surface area contributed by atoms with Crippen molar-refractivity contribution >= 4 is 17.8 Å². The molecule has 4 fully saturated rings. The number of urea groups is 1. The van der Waals surface area contributed by atoms with E-state index in [4.69, 9.17) is 0 Å². The molecule has 0 aromatic rings. The molecular formula is C19H29N3O3. The second kappa shape index (κ2) is 4.98. The van der Waals surface area contributed by atoms with Gasteiger partial charge in [0.15, 0.2) is 0 Å². The van der Waals surface area contributed by atoms with Gasteiger partial charge in [0.05, 0.1) is 0 Å². The quantitative estimate of drug-likeness (QED) is 0.764. The average Bonchev–Trinajstić information content (AvgIpc) is 3.29. The summed E-state index contributed by atoms with van der Waals surface area (Å²) in [5.41, 5.74) is -0.513. The summed E-state index contributed by atoms with van der Waals surface area (Å²) in [6.07, 6.45) is 5.26. The summed E-state index contributed by atoms with van der Waals surface area (Å²) in [4.78, 5) is 38.5. The molecule has 2 bridgehead atoms. The number of hydrogen-bond acceptors (Lipinski definition) is 3. The Morgan fingerprint density at radius 1 is 1.16 bits per heavy atom. The molecule has 6 nitrogen and oxygen atoms in total. The third kappa shape index (κ3) is 2.18. The number of nitrogens with zero attached hydrogens (tertiary/aromatic N) is 1. The van der Waals surface area contributed by atoms with E-state index in [9.17, 15) is 14.4 Å². The molecule has 4 atom stereocenters. The van der Waals surface area contributed by atoms with Gasteiger partial charge in [-0.15, -0.1) is 0 Å². The number of fused-ring (bicyclic) bond motifs is 2. The Kier molecular flexibility index (Phi) is 3.36. The molecule has 0 aromatic carbocycles. The third-order valence-corrected chi connectivity index (χ3v) is 8.13. The van der Waals surface area contributed by atoms with Gasteiger partial charge in [0.1, 0.15) is 12.1 Å². The molecule has 4 unspecified atom stereocenters. The van der Waals surface area contributed by atoms with Crippen LogP contribution in [-0.2, 0) is 9.59 Å². The minimum atomic E-state index is -0.822. The average molecular weight is 347 g/mol. The van der Waals surface area contributed by atoms with Crippen LogP contribution in [0.5, 0.6) is 0 Å². The molecular weight excluding hydrogens is 318 g/mol. The van der Waals surface area contributed by atoms with Crippen LogP contribution in [0.25, 0.3) is 0 Å². The van der Waals surface area contributed by atoms with E-state index in [-0.39, 0.29) is 41.1 Å². The molecule has 2 N–H and O–H groups in total. The minimum Gasteiger partial charge on any atom is -0.351 e. The number of nitrogens with one attached hydrogen (secondary N) is 2. The van der Waals surface area contributed by atoms with Crippen molar-refractivity contribution in [3.05, 3.63) is 0 Å². The van der Waals surface area contributed by atoms with Gasteiger partial charge < -0.3 is 10.6 Å². The fourth-order valence-electron chi connectivity index (χ4n) is 5.60. The molecule has 4 aliphatic rings. The minimum absolute atomic E-state index is 0.0904. The maximum absolute atomic E-state index is 12.6. The molecule has 0 radical (unpaired) electrons. The molecule has 4 amide bonds. The summed E-state index contributed by atoms with van der Waals surface area (Å²) in [6.45, 7) is 8.47. The van der Waals surface area contributed by atoms with Gasteiger partial charge in [-0.05, 0) is 61.7 Å². The lowest BCUT2D eigenvalue weighted by Gasteiger charge is -2.39. The Morgan fingerprint density at radius 2 is 1.84 bits per heavy atom. The molecule has 1 heterocycles. The van der Waals surface area contributed by atoms with Gasteiger partial charge in [-0.25, -0.2) is 4.79 Å². The topological polar surface area (TPSA) is 78.5 Å². The van der Waals surface area contributed by atoms with Crippen LogP contribution in [-0.4, -0.2) is 40.9 Å². The molecule has 138 valence electrons. The second-order valence-electron chi connectivity index (χ2n) is 9.53. The monoisotopic (exact) mass is 347 g/mol. The Labute approximate surface area is 149 Å². The van der Waals surface area contributed by atoms with E-state index in [0.29, 0.717) is 5.92 Å². The van der Waals surface area contributed by atoms with E-state index in [0.717, 1.165) is 30.6 Å². The zero-order chi connectivity index (χ0) is 18.2. The molecule has 0 spiro atoms. The van der Waals surface area contributed by atoms with Gasteiger partial charge in [0.25, 0.3) is 5.91 Å². The highest BCUT2D eigenvalue weighted by atomic mass is 16.2. The van der Waals surface area contributed by atoms with Gasteiger partial charge in [-0.1, -0.05) is 20.8 Å². The van der Waals surface area contributed by atoms with Crippen molar-refractivity contribution in [1.29, 1.82) is 0 Å². The first-order valence-electron chi connectivity index (χ1n) is 9.53. The van der Waals surface area contributed by atoms with Gasteiger partial charge >= 0.3 is 6.03 Å². The number of carbonyl (C=O) groups is 3. The lowest BCUT2D eigenvalue weighted by atomic mass is 9.69. The highest BCUT2D eigenvalue weighted by Crippen LogP contribution is 2.65. The van der Waals surface area contributed by atoms with Crippen molar-refractivity contribution in [3.8, 4) is 0 Å². The number of carbonyl (C=O) groups excluding carboxylic acids is 3.